The maximum Gasteiger partial charge on any atom is 0.0854 e. The van der Waals surface area contributed by atoms with E-state index in [0.29, 0.717) is 13.2 Å². The van der Waals surface area contributed by atoms with Crippen LogP contribution in [0, 0.1) is 0 Å². The van der Waals surface area contributed by atoms with Gasteiger partial charge >= 0.3 is 0 Å². The quantitative estimate of drug-likeness (QED) is 0.614. The second kappa shape index (κ2) is 5.54. The van der Waals surface area contributed by atoms with Crippen molar-refractivity contribution in [1.29, 1.82) is 0 Å². The fourth-order valence-electron chi connectivity index (χ4n) is 1.55. The molecule has 0 aromatic heterocycles. The normalized spacial score (nSPS) is 30.7. The zero-order valence-corrected chi connectivity index (χ0v) is 8.53. The molecule has 0 spiro atoms. The van der Waals surface area contributed by atoms with Crippen LogP contribution in [0.2, 0.25) is 0 Å². The summed E-state index contributed by atoms with van der Waals surface area (Å²) in [7, 11) is 3.77. The topological polar surface area (TPSA) is 47.7 Å². The number of piperidine rings is 1. The number of likely N-dealkylation sites (N-methyl/N-ethyl adjacent to an activating group) is 1. The summed E-state index contributed by atoms with van der Waals surface area (Å²) in [6, 6.07) is 0.188. The Hall–Kier alpha value is -0.160. The van der Waals surface area contributed by atoms with Crippen LogP contribution in [0.5, 0.6) is 0 Å². The number of hydrogen-bond donors (Lipinski definition) is 1. The molecule has 1 aliphatic rings. The Morgan fingerprint density at radius 2 is 2.23 bits per heavy atom. The highest BCUT2D eigenvalue weighted by molar-refractivity contribution is 4.82. The number of nitrogens with two attached hydrogens (primary N) is 1. The molecule has 0 aromatic rings. The van der Waals surface area contributed by atoms with Gasteiger partial charge in [-0.2, -0.15) is 0 Å². The second-order valence-electron chi connectivity index (χ2n) is 3.62. The van der Waals surface area contributed by atoms with Gasteiger partial charge in [-0.3, -0.25) is 0 Å². The van der Waals surface area contributed by atoms with E-state index in [2.05, 4.69) is 11.9 Å². The lowest BCUT2D eigenvalue weighted by Gasteiger charge is -2.34. The van der Waals surface area contributed by atoms with Gasteiger partial charge in [-0.15, -0.1) is 0 Å². The number of likely N-dealkylation sites (tertiary alicyclic amines) is 1. The van der Waals surface area contributed by atoms with Gasteiger partial charge in [-0.1, -0.05) is 0 Å². The largest absolute Gasteiger partial charge is 0.382 e. The Morgan fingerprint density at radius 3 is 2.92 bits per heavy atom. The summed E-state index contributed by atoms with van der Waals surface area (Å²) >= 11 is 0. The number of hydrogen-bond acceptors (Lipinski definition) is 4. The minimum Gasteiger partial charge on any atom is -0.382 e. The van der Waals surface area contributed by atoms with Crippen molar-refractivity contribution < 1.29 is 9.47 Å². The molecule has 78 valence electrons. The first-order valence-corrected chi connectivity index (χ1v) is 4.78. The van der Waals surface area contributed by atoms with Crippen molar-refractivity contribution in [3.05, 3.63) is 0 Å². The van der Waals surface area contributed by atoms with E-state index in [0.717, 1.165) is 19.5 Å². The van der Waals surface area contributed by atoms with Crippen LogP contribution in [0.4, 0.5) is 0 Å². The standard InChI is InChI=1S/C9H20N2O2/c1-11-4-3-8(10)9(7-11)13-6-5-12-2/h8-9H,3-7,10H2,1-2H3/t8-,9+/m0/s1. The molecular weight excluding hydrogens is 168 g/mol. The molecule has 0 amide bonds. The molecule has 0 saturated carbocycles. The second-order valence-corrected chi connectivity index (χ2v) is 3.62. The molecule has 1 fully saturated rings. The molecule has 0 radical (unpaired) electrons. The van der Waals surface area contributed by atoms with Crippen LogP contribution < -0.4 is 5.73 Å². The maximum atomic E-state index is 5.93. The highest BCUT2D eigenvalue weighted by Gasteiger charge is 2.24. The highest BCUT2D eigenvalue weighted by Crippen LogP contribution is 2.10. The summed E-state index contributed by atoms with van der Waals surface area (Å²) in [5, 5.41) is 0. The van der Waals surface area contributed by atoms with Crippen molar-refractivity contribution in [3.8, 4) is 0 Å². The van der Waals surface area contributed by atoms with E-state index < -0.39 is 0 Å². The SMILES string of the molecule is COCCO[C@@H]1CN(C)CC[C@@H]1N. The Morgan fingerprint density at radius 1 is 1.46 bits per heavy atom. The zero-order valence-electron chi connectivity index (χ0n) is 8.53. The van der Waals surface area contributed by atoms with Crippen molar-refractivity contribution in [1.82, 2.24) is 4.90 Å². The first-order chi connectivity index (χ1) is 6.24. The van der Waals surface area contributed by atoms with Gasteiger partial charge in [0.1, 0.15) is 0 Å². The predicted octanol–water partition coefficient (Wildman–Crippen LogP) is -0.319. The molecule has 0 aromatic carbocycles. The first kappa shape index (κ1) is 10.9. The van der Waals surface area contributed by atoms with Crippen LogP contribution >= 0.6 is 0 Å². The minimum absolute atomic E-state index is 0.175. The van der Waals surface area contributed by atoms with Crippen molar-refractivity contribution >= 4 is 0 Å². The summed E-state index contributed by atoms with van der Waals surface area (Å²) in [5.74, 6) is 0. The fourth-order valence-corrected chi connectivity index (χ4v) is 1.55. The molecular formula is C9H20N2O2. The van der Waals surface area contributed by atoms with Crippen LogP contribution in [0.15, 0.2) is 0 Å². The smallest absolute Gasteiger partial charge is 0.0854 e. The fraction of sp³-hybridized carbons (Fsp3) is 1.00. The molecule has 13 heavy (non-hydrogen) atoms. The van der Waals surface area contributed by atoms with Gasteiger partial charge in [0.05, 0.1) is 19.3 Å². The van der Waals surface area contributed by atoms with E-state index in [1.54, 1.807) is 7.11 Å². The van der Waals surface area contributed by atoms with E-state index in [1.165, 1.54) is 0 Å². The molecule has 2 N–H and O–H groups in total. The molecule has 0 unspecified atom stereocenters. The summed E-state index contributed by atoms with van der Waals surface area (Å²) in [6.45, 7) is 3.30. The average Bonchev–Trinajstić information content (AvgIpc) is 2.11. The van der Waals surface area contributed by atoms with Gasteiger partial charge in [-0.25, -0.2) is 0 Å². The number of ether oxygens (including phenoxy) is 2. The zero-order chi connectivity index (χ0) is 9.68. The van der Waals surface area contributed by atoms with E-state index in [4.69, 9.17) is 15.2 Å². The predicted molar refractivity (Wildman–Crippen MR) is 51.7 cm³/mol. The molecule has 4 heteroatoms. The van der Waals surface area contributed by atoms with Crippen LogP contribution in [0.3, 0.4) is 0 Å². The van der Waals surface area contributed by atoms with Crippen LogP contribution in [0.25, 0.3) is 0 Å². The third kappa shape index (κ3) is 3.60. The Kier molecular flexibility index (Phi) is 4.66. The summed E-state index contributed by atoms with van der Waals surface area (Å²) < 4.78 is 10.5. The van der Waals surface area contributed by atoms with Gasteiger partial charge in [0.2, 0.25) is 0 Å². The lowest BCUT2D eigenvalue weighted by molar-refractivity contribution is -0.0260. The third-order valence-electron chi connectivity index (χ3n) is 2.43. The van der Waals surface area contributed by atoms with Crippen molar-refractivity contribution in [2.45, 2.75) is 18.6 Å². The summed E-state index contributed by atoms with van der Waals surface area (Å²) in [5.41, 5.74) is 5.93. The Balaban J connectivity index is 2.21. The van der Waals surface area contributed by atoms with E-state index >= 15 is 0 Å². The van der Waals surface area contributed by atoms with Gasteiger partial charge in [-0.05, 0) is 20.0 Å². The van der Waals surface area contributed by atoms with Crippen molar-refractivity contribution in [2.75, 3.05) is 40.5 Å². The van der Waals surface area contributed by atoms with Gasteiger partial charge in [0.25, 0.3) is 0 Å². The lowest BCUT2D eigenvalue weighted by atomic mass is 10.0. The molecule has 1 aliphatic heterocycles. The van der Waals surface area contributed by atoms with E-state index in [9.17, 15) is 0 Å². The van der Waals surface area contributed by atoms with Gasteiger partial charge in [0.15, 0.2) is 0 Å². The lowest BCUT2D eigenvalue weighted by Crippen LogP contribution is -2.50. The number of rotatable bonds is 4. The molecule has 1 rings (SSSR count). The van der Waals surface area contributed by atoms with E-state index in [-0.39, 0.29) is 12.1 Å². The summed E-state index contributed by atoms with van der Waals surface area (Å²) in [6.07, 6.45) is 1.20. The van der Waals surface area contributed by atoms with Crippen molar-refractivity contribution in [3.63, 3.8) is 0 Å². The van der Waals surface area contributed by atoms with Crippen molar-refractivity contribution in [2.24, 2.45) is 5.73 Å². The number of methoxy groups -OCH3 is 1. The molecule has 1 saturated heterocycles. The van der Waals surface area contributed by atoms with Crippen LogP contribution in [-0.4, -0.2) is 57.5 Å². The molecule has 0 bridgehead atoms. The average molecular weight is 188 g/mol. The third-order valence-corrected chi connectivity index (χ3v) is 2.43. The monoisotopic (exact) mass is 188 g/mol. The molecule has 4 nitrogen and oxygen atoms in total. The molecule has 2 atom stereocenters. The van der Waals surface area contributed by atoms with Gasteiger partial charge < -0.3 is 20.1 Å². The first-order valence-electron chi connectivity index (χ1n) is 4.78. The highest BCUT2D eigenvalue weighted by atomic mass is 16.5. The molecule has 0 aliphatic carbocycles. The maximum absolute atomic E-state index is 5.93. The van der Waals surface area contributed by atoms with E-state index in [1.807, 2.05) is 0 Å². The minimum atomic E-state index is 0.175. The van der Waals surface area contributed by atoms with Crippen LogP contribution in [0.1, 0.15) is 6.42 Å². The Labute approximate surface area is 80.0 Å². The van der Waals surface area contributed by atoms with Gasteiger partial charge in [0, 0.05) is 19.7 Å². The Bertz CT molecular complexity index is 144. The summed E-state index contributed by atoms with van der Waals surface area (Å²) in [4.78, 5) is 2.25. The molecule has 1 heterocycles. The van der Waals surface area contributed by atoms with Crippen LogP contribution in [-0.2, 0) is 9.47 Å². The number of nitrogens with zero attached hydrogens (tertiary/aromatic N) is 1.